The Bertz CT molecular complexity index is 685. The number of nitrogens with one attached hydrogen (secondary N) is 1. The predicted molar refractivity (Wildman–Crippen MR) is 86.8 cm³/mol. The van der Waals surface area contributed by atoms with Gasteiger partial charge in [-0.05, 0) is 42.8 Å². The van der Waals surface area contributed by atoms with E-state index in [2.05, 4.69) is 12.2 Å². The first-order valence-electron chi connectivity index (χ1n) is 6.55. The summed E-state index contributed by atoms with van der Waals surface area (Å²) in [6, 6.07) is 1.89. The van der Waals surface area contributed by atoms with Gasteiger partial charge >= 0.3 is 5.97 Å². The molecule has 0 unspecified atom stereocenters. The monoisotopic (exact) mass is 323 g/mol. The van der Waals surface area contributed by atoms with Crippen molar-refractivity contribution in [2.45, 2.75) is 27.2 Å². The first-order chi connectivity index (χ1) is 9.97. The van der Waals surface area contributed by atoms with Gasteiger partial charge in [0.2, 0.25) is 0 Å². The van der Waals surface area contributed by atoms with Crippen LogP contribution in [0.2, 0.25) is 0 Å². The summed E-state index contributed by atoms with van der Waals surface area (Å²) in [5.41, 5.74) is 2.53. The molecule has 6 heteroatoms. The molecule has 0 aromatic carbocycles. The topological polar surface area (TPSA) is 55.4 Å². The minimum atomic E-state index is -0.431. The largest absolute Gasteiger partial charge is 0.465 e. The Morgan fingerprint density at radius 3 is 2.57 bits per heavy atom. The molecule has 0 radical (unpaired) electrons. The molecule has 2 aromatic heterocycles. The van der Waals surface area contributed by atoms with E-state index in [1.54, 1.807) is 0 Å². The lowest BCUT2D eigenvalue weighted by Gasteiger charge is -2.06. The van der Waals surface area contributed by atoms with Gasteiger partial charge in [-0.25, -0.2) is 4.79 Å². The molecule has 0 fully saturated rings. The lowest BCUT2D eigenvalue weighted by Crippen LogP contribution is -2.13. The number of hydrogen-bond acceptors (Lipinski definition) is 5. The van der Waals surface area contributed by atoms with E-state index in [0.717, 1.165) is 17.5 Å². The molecule has 0 spiro atoms. The maximum atomic E-state index is 12.4. The predicted octanol–water partition coefficient (Wildman–Crippen LogP) is 4.03. The van der Waals surface area contributed by atoms with Crippen molar-refractivity contribution in [1.82, 2.24) is 0 Å². The van der Waals surface area contributed by atoms with E-state index in [4.69, 9.17) is 4.74 Å². The standard InChI is InChI=1S/C15H17NO3S2/c1-5-10-8(2)6-11(21-10)14(17)16-12-9(3)7-20-13(12)15(18)19-4/h6-7H,5H2,1-4H3,(H,16,17). The van der Waals surface area contributed by atoms with Gasteiger partial charge in [-0.2, -0.15) is 0 Å². The molecule has 0 saturated carbocycles. The first-order valence-corrected chi connectivity index (χ1v) is 8.24. The quantitative estimate of drug-likeness (QED) is 0.864. The molecule has 21 heavy (non-hydrogen) atoms. The molecule has 1 N–H and O–H groups in total. The minimum Gasteiger partial charge on any atom is -0.465 e. The SMILES string of the molecule is CCc1sc(C(=O)Nc2c(C)csc2C(=O)OC)cc1C. The van der Waals surface area contributed by atoms with E-state index in [1.807, 2.05) is 25.3 Å². The number of ether oxygens (including phenoxy) is 1. The number of amides is 1. The molecular formula is C15H17NO3S2. The Labute approximate surface area is 131 Å². The normalized spacial score (nSPS) is 10.5. The van der Waals surface area contributed by atoms with E-state index in [1.165, 1.54) is 34.7 Å². The van der Waals surface area contributed by atoms with Gasteiger partial charge in [-0.15, -0.1) is 22.7 Å². The third kappa shape index (κ3) is 3.16. The van der Waals surface area contributed by atoms with Crippen molar-refractivity contribution in [2.75, 3.05) is 12.4 Å². The van der Waals surface area contributed by atoms with Crippen LogP contribution in [0, 0.1) is 13.8 Å². The molecule has 112 valence electrons. The van der Waals surface area contributed by atoms with Crippen LogP contribution in [0.1, 0.15) is 42.3 Å². The third-order valence-corrected chi connectivity index (χ3v) is 5.61. The van der Waals surface area contributed by atoms with E-state index in [0.29, 0.717) is 15.4 Å². The van der Waals surface area contributed by atoms with Crippen LogP contribution in [-0.4, -0.2) is 19.0 Å². The molecule has 0 aliphatic rings. The van der Waals surface area contributed by atoms with Gasteiger partial charge in [0, 0.05) is 4.88 Å². The highest BCUT2D eigenvalue weighted by atomic mass is 32.1. The Kier molecular flexibility index (Phi) is 4.80. The van der Waals surface area contributed by atoms with Gasteiger partial charge < -0.3 is 10.1 Å². The van der Waals surface area contributed by atoms with Crippen molar-refractivity contribution < 1.29 is 14.3 Å². The Hall–Kier alpha value is -1.66. The van der Waals surface area contributed by atoms with Crippen LogP contribution in [-0.2, 0) is 11.2 Å². The molecule has 0 atom stereocenters. The summed E-state index contributed by atoms with van der Waals surface area (Å²) < 4.78 is 4.74. The highest BCUT2D eigenvalue weighted by Crippen LogP contribution is 2.30. The van der Waals surface area contributed by atoms with Gasteiger partial charge in [-0.3, -0.25) is 4.79 Å². The van der Waals surface area contributed by atoms with E-state index < -0.39 is 5.97 Å². The second-order valence-corrected chi connectivity index (χ2v) is 6.66. The number of methoxy groups -OCH3 is 1. The van der Waals surface area contributed by atoms with Crippen LogP contribution in [0.3, 0.4) is 0 Å². The molecule has 1 amide bonds. The maximum absolute atomic E-state index is 12.4. The van der Waals surface area contributed by atoms with Gasteiger partial charge in [0.15, 0.2) is 0 Å². The maximum Gasteiger partial charge on any atom is 0.350 e. The lowest BCUT2D eigenvalue weighted by atomic mass is 10.2. The number of hydrogen-bond donors (Lipinski definition) is 1. The molecule has 2 rings (SSSR count). The van der Waals surface area contributed by atoms with Crippen LogP contribution in [0.5, 0.6) is 0 Å². The van der Waals surface area contributed by atoms with Crippen molar-refractivity contribution in [2.24, 2.45) is 0 Å². The van der Waals surface area contributed by atoms with Crippen molar-refractivity contribution in [3.63, 3.8) is 0 Å². The van der Waals surface area contributed by atoms with Gasteiger partial charge in [0.05, 0.1) is 17.7 Å². The summed E-state index contributed by atoms with van der Waals surface area (Å²) in [7, 11) is 1.33. The number of thiophene rings is 2. The zero-order chi connectivity index (χ0) is 15.6. The summed E-state index contributed by atoms with van der Waals surface area (Å²) in [5, 5.41) is 4.67. The van der Waals surface area contributed by atoms with Crippen molar-refractivity contribution >= 4 is 40.2 Å². The zero-order valence-electron chi connectivity index (χ0n) is 12.4. The third-order valence-electron chi connectivity index (χ3n) is 3.15. The fraction of sp³-hybridized carbons (Fsp3) is 0.333. The minimum absolute atomic E-state index is 0.186. The van der Waals surface area contributed by atoms with Crippen molar-refractivity contribution in [3.8, 4) is 0 Å². The number of esters is 1. The molecule has 4 nitrogen and oxygen atoms in total. The van der Waals surface area contributed by atoms with E-state index >= 15 is 0 Å². The molecule has 0 bridgehead atoms. The van der Waals surface area contributed by atoms with Crippen LogP contribution >= 0.6 is 22.7 Å². The van der Waals surface area contributed by atoms with Gasteiger partial charge in [0.25, 0.3) is 5.91 Å². The number of aryl methyl sites for hydroxylation is 3. The second-order valence-electron chi connectivity index (χ2n) is 4.64. The van der Waals surface area contributed by atoms with E-state index in [-0.39, 0.29) is 5.91 Å². The highest BCUT2D eigenvalue weighted by Gasteiger charge is 2.20. The molecule has 0 saturated heterocycles. The fourth-order valence-corrected chi connectivity index (χ4v) is 3.93. The number of carbonyl (C=O) groups excluding carboxylic acids is 2. The Morgan fingerprint density at radius 2 is 2.00 bits per heavy atom. The smallest absolute Gasteiger partial charge is 0.350 e. The second kappa shape index (κ2) is 6.41. The molecule has 0 aliphatic carbocycles. The summed E-state index contributed by atoms with van der Waals surface area (Å²) in [5.74, 6) is -0.616. The number of carbonyl (C=O) groups is 2. The molecule has 2 heterocycles. The Morgan fingerprint density at radius 1 is 1.29 bits per heavy atom. The summed E-state index contributed by atoms with van der Waals surface area (Å²) in [4.78, 5) is 26.4. The van der Waals surface area contributed by atoms with Crippen molar-refractivity contribution in [1.29, 1.82) is 0 Å². The fourth-order valence-electron chi connectivity index (χ4n) is 2.00. The van der Waals surface area contributed by atoms with Gasteiger partial charge in [0.1, 0.15) is 4.88 Å². The zero-order valence-corrected chi connectivity index (χ0v) is 14.0. The molecular weight excluding hydrogens is 306 g/mol. The summed E-state index contributed by atoms with van der Waals surface area (Å²) in [6.45, 7) is 5.93. The number of anilines is 1. The Balaban J connectivity index is 2.27. The van der Waals surface area contributed by atoms with E-state index in [9.17, 15) is 9.59 Å². The van der Waals surface area contributed by atoms with Crippen LogP contribution < -0.4 is 5.32 Å². The van der Waals surface area contributed by atoms with Crippen LogP contribution in [0.4, 0.5) is 5.69 Å². The summed E-state index contributed by atoms with van der Waals surface area (Å²) >= 11 is 2.76. The van der Waals surface area contributed by atoms with Gasteiger partial charge in [-0.1, -0.05) is 6.92 Å². The average Bonchev–Trinajstić information content (AvgIpc) is 3.02. The van der Waals surface area contributed by atoms with Crippen LogP contribution in [0.25, 0.3) is 0 Å². The average molecular weight is 323 g/mol. The first kappa shape index (κ1) is 15.7. The molecule has 2 aromatic rings. The molecule has 0 aliphatic heterocycles. The highest BCUT2D eigenvalue weighted by molar-refractivity contribution is 7.14. The van der Waals surface area contributed by atoms with Crippen LogP contribution in [0.15, 0.2) is 11.4 Å². The van der Waals surface area contributed by atoms with Crippen molar-refractivity contribution in [3.05, 3.63) is 37.2 Å². The number of rotatable bonds is 4. The lowest BCUT2D eigenvalue weighted by molar-refractivity contribution is 0.0607. The summed E-state index contributed by atoms with van der Waals surface area (Å²) in [6.07, 6.45) is 0.911.